The van der Waals surface area contributed by atoms with Crippen LogP contribution in [-0.4, -0.2) is 16.8 Å². The molecule has 12 heavy (non-hydrogen) atoms. The van der Waals surface area contributed by atoms with E-state index in [0.29, 0.717) is 0 Å². The molecule has 0 aliphatic rings. The molecule has 66 valence electrons. The first-order chi connectivity index (χ1) is 5.37. The first kappa shape index (κ1) is 10.8. The monoisotopic (exact) mass is 189 g/mol. The fourth-order valence-electron chi connectivity index (χ4n) is 0.388. The van der Waals surface area contributed by atoms with E-state index in [1.165, 1.54) is 6.92 Å². The molecule has 0 aliphatic heterocycles. The molecule has 1 unspecified atom stereocenters. The Morgan fingerprint density at radius 2 is 2.42 bits per heavy atom. The summed E-state index contributed by atoms with van der Waals surface area (Å²) in [6, 6.07) is 0. The number of hydrogen-bond donors (Lipinski definition) is 2. The molecule has 0 saturated carbocycles. The lowest BCUT2D eigenvalue weighted by Gasteiger charge is -2.10. The smallest absolute Gasteiger partial charge is 0.398 e. The molecule has 1 amide bonds. The molecule has 0 saturated heterocycles. The van der Waals surface area contributed by atoms with E-state index in [1.54, 1.807) is 0 Å². The number of ether oxygens (including phenoxy) is 1. The van der Waals surface area contributed by atoms with Gasteiger partial charge in [0.15, 0.2) is 5.22 Å². The van der Waals surface area contributed by atoms with Crippen molar-refractivity contribution in [2.75, 3.05) is 0 Å². The van der Waals surface area contributed by atoms with Crippen molar-refractivity contribution < 1.29 is 14.6 Å². The van der Waals surface area contributed by atoms with Gasteiger partial charge in [-0.2, -0.15) is 0 Å². The van der Waals surface area contributed by atoms with Gasteiger partial charge in [0.1, 0.15) is 5.60 Å². The molecule has 0 fully saturated rings. The van der Waals surface area contributed by atoms with Crippen LogP contribution in [0.15, 0.2) is 11.3 Å². The second-order valence-corrected chi connectivity index (χ2v) is 2.53. The van der Waals surface area contributed by atoms with Crippen molar-refractivity contribution in [3.63, 3.8) is 0 Å². The lowest BCUT2D eigenvalue weighted by atomic mass is 10.1. The Balaban J connectivity index is 4.38. The molecular weight excluding hydrogens is 182 g/mol. The summed E-state index contributed by atoms with van der Waals surface area (Å²) in [5.74, 6) is 2.01. The molecule has 0 spiro atoms. The molecule has 0 aromatic carbocycles. The van der Waals surface area contributed by atoms with Crippen LogP contribution in [-0.2, 0) is 4.74 Å². The summed E-state index contributed by atoms with van der Waals surface area (Å²) < 4.78 is 4.20. The topological polar surface area (TPSA) is 72.6 Å². The fraction of sp³-hybridized carbons (Fsp3) is 0.286. The van der Waals surface area contributed by atoms with Crippen LogP contribution < -0.4 is 5.73 Å². The van der Waals surface area contributed by atoms with E-state index in [-0.39, 0.29) is 5.22 Å². The Morgan fingerprint density at radius 1 is 1.92 bits per heavy atom. The molecule has 4 nitrogen and oxygen atoms in total. The predicted molar refractivity (Wildman–Crippen MR) is 44.1 cm³/mol. The Hall–Kier alpha value is -1.18. The molecule has 0 rings (SSSR count). The quantitative estimate of drug-likeness (QED) is 0.492. The van der Waals surface area contributed by atoms with E-state index in [4.69, 9.17) is 18.0 Å². The van der Waals surface area contributed by atoms with E-state index in [9.17, 15) is 9.90 Å². The maximum atomic E-state index is 10.1. The van der Waals surface area contributed by atoms with E-state index >= 15 is 0 Å². The third-order valence-corrected chi connectivity index (χ3v) is 1.07. The average Bonchev–Trinajstić information content (AvgIpc) is 1.84. The molecule has 0 radical (unpaired) electrons. The first-order valence-electron chi connectivity index (χ1n) is 2.93. The summed E-state index contributed by atoms with van der Waals surface area (Å²) in [5.41, 5.74) is 3.08. The van der Waals surface area contributed by atoms with Gasteiger partial charge in [0, 0.05) is 6.08 Å². The largest absolute Gasteiger partial charge is 0.410 e. The lowest BCUT2D eigenvalue weighted by Crippen LogP contribution is -2.19. The van der Waals surface area contributed by atoms with Crippen LogP contribution in [0.4, 0.5) is 4.79 Å². The van der Waals surface area contributed by atoms with Gasteiger partial charge in [-0.25, -0.2) is 4.79 Å². The molecule has 0 aromatic rings. The van der Waals surface area contributed by atoms with Gasteiger partial charge in [-0.05, 0) is 18.5 Å². The minimum Gasteiger partial charge on any atom is -0.398 e. The van der Waals surface area contributed by atoms with Crippen LogP contribution in [0, 0.1) is 12.3 Å². The Kier molecular flexibility index (Phi) is 3.61. The highest BCUT2D eigenvalue weighted by Gasteiger charge is 2.14. The zero-order valence-corrected chi connectivity index (χ0v) is 7.13. The molecule has 0 aromatic heterocycles. The van der Waals surface area contributed by atoms with Gasteiger partial charge >= 0.3 is 6.09 Å². The van der Waals surface area contributed by atoms with Crippen LogP contribution >= 0.6 is 11.6 Å². The number of primary amides is 1. The Bertz CT molecular complexity index is 252. The second kappa shape index (κ2) is 4.00. The number of halogens is 1. The minimum atomic E-state index is -1.55. The highest BCUT2D eigenvalue weighted by Crippen LogP contribution is 2.11. The maximum Gasteiger partial charge on any atom is 0.410 e. The number of aliphatic hydroxyl groups is 1. The van der Waals surface area contributed by atoms with E-state index < -0.39 is 11.7 Å². The van der Waals surface area contributed by atoms with E-state index in [2.05, 4.69) is 10.5 Å². The minimum absolute atomic E-state index is 0.356. The number of rotatable bonds is 2. The number of carbonyl (C=O) groups is 1. The molecule has 3 N–H and O–H groups in total. The number of amides is 1. The second-order valence-electron chi connectivity index (χ2n) is 2.16. The fourth-order valence-corrected chi connectivity index (χ4v) is 0.677. The molecule has 5 heteroatoms. The predicted octanol–water partition coefficient (Wildman–Crippen LogP) is 0.546. The van der Waals surface area contributed by atoms with Gasteiger partial charge in [-0.3, -0.25) is 0 Å². The van der Waals surface area contributed by atoms with Crippen molar-refractivity contribution in [3.05, 3.63) is 11.3 Å². The van der Waals surface area contributed by atoms with Crippen molar-refractivity contribution in [2.24, 2.45) is 5.73 Å². The first-order valence-corrected chi connectivity index (χ1v) is 3.31. The standard InChI is InChI=1S/C7H8ClNO3/c1-3-7(2,11)4-5(8)12-6(9)10/h1,4,11H,2H3,(H2,9,10)/b5-4+. The average molecular weight is 190 g/mol. The third kappa shape index (κ3) is 4.61. The molecule has 1 atom stereocenters. The van der Waals surface area contributed by atoms with E-state index in [1.807, 2.05) is 5.92 Å². The van der Waals surface area contributed by atoms with Crippen LogP contribution in [0.1, 0.15) is 6.92 Å². The number of hydrogen-bond acceptors (Lipinski definition) is 3. The highest BCUT2D eigenvalue weighted by atomic mass is 35.5. The van der Waals surface area contributed by atoms with Crippen molar-refractivity contribution in [1.82, 2.24) is 0 Å². The number of carbonyl (C=O) groups excluding carboxylic acids is 1. The van der Waals surface area contributed by atoms with Crippen LogP contribution in [0.3, 0.4) is 0 Å². The number of terminal acetylenes is 1. The Morgan fingerprint density at radius 3 is 2.75 bits per heavy atom. The SMILES string of the molecule is C#CC(C)(O)/C=C(\Cl)OC(N)=O. The van der Waals surface area contributed by atoms with Crippen LogP contribution in [0.25, 0.3) is 0 Å². The number of nitrogens with two attached hydrogens (primary N) is 1. The van der Waals surface area contributed by atoms with Gasteiger partial charge in [-0.15, -0.1) is 6.42 Å². The summed E-state index contributed by atoms with van der Waals surface area (Å²) in [7, 11) is 0. The van der Waals surface area contributed by atoms with Gasteiger partial charge in [-0.1, -0.05) is 5.92 Å². The van der Waals surface area contributed by atoms with Crippen molar-refractivity contribution >= 4 is 17.7 Å². The zero-order chi connectivity index (χ0) is 9.78. The van der Waals surface area contributed by atoms with Gasteiger partial charge in [0.05, 0.1) is 0 Å². The van der Waals surface area contributed by atoms with Gasteiger partial charge in [0.25, 0.3) is 0 Å². The van der Waals surface area contributed by atoms with Crippen LogP contribution in [0.2, 0.25) is 0 Å². The summed E-state index contributed by atoms with van der Waals surface area (Å²) >= 11 is 5.32. The summed E-state index contributed by atoms with van der Waals surface area (Å²) in [4.78, 5) is 10.1. The lowest BCUT2D eigenvalue weighted by molar-refractivity contribution is 0.165. The third-order valence-electron chi connectivity index (χ3n) is 0.885. The van der Waals surface area contributed by atoms with E-state index in [0.717, 1.165) is 6.08 Å². The summed E-state index contributed by atoms with van der Waals surface area (Å²) in [6.45, 7) is 1.31. The van der Waals surface area contributed by atoms with Crippen molar-refractivity contribution in [2.45, 2.75) is 12.5 Å². The highest BCUT2D eigenvalue weighted by molar-refractivity contribution is 6.29. The Labute approximate surface area is 75.0 Å². The van der Waals surface area contributed by atoms with Crippen molar-refractivity contribution in [1.29, 1.82) is 0 Å². The summed E-state index contributed by atoms with van der Waals surface area (Å²) in [5, 5.41) is 8.82. The normalized spacial score (nSPS) is 16.0. The molecule has 0 aliphatic carbocycles. The van der Waals surface area contributed by atoms with Gasteiger partial charge in [0.2, 0.25) is 0 Å². The molecule has 0 heterocycles. The maximum absolute atomic E-state index is 10.1. The zero-order valence-electron chi connectivity index (χ0n) is 6.37. The van der Waals surface area contributed by atoms with Crippen molar-refractivity contribution in [3.8, 4) is 12.3 Å². The summed E-state index contributed by atoms with van der Waals surface area (Å²) in [6.07, 6.45) is 4.83. The van der Waals surface area contributed by atoms with Gasteiger partial charge < -0.3 is 15.6 Å². The molecular formula is C7H8ClNO3. The van der Waals surface area contributed by atoms with Crippen LogP contribution in [0.5, 0.6) is 0 Å². The molecule has 0 bridgehead atoms.